The monoisotopic (exact) mass is 289 g/mol. The van der Waals surface area contributed by atoms with Crippen molar-refractivity contribution in [2.45, 2.75) is 32.7 Å². The van der Waals surface area contributed by atoms with Crippen LogP contribution in [0.1, 0.15) is 38.3 Å². The molecule has 0 aliphatic carbocycles. The van der Waals surface area contributed by atoms with Gasteiger partial charge in [-0.2, -0.15) is 0 Å². The molecule has 0 bridgehead atoms. The molecule has 1 aliphatic rings. The zero-order valence-corrected chi connectivity index (χ0v) is 14.1. The number of hydrogen-bond acceptors (Lipinski definition) is 3. The van der Waals surface area contributed by atoms with Gasteiger partial charge in [0.25, 0.3) is 0 Å². The summed E-state index contributed by atoms with van der Waals surface area (Å²) in [5.74, 6) is 0.810. The topological polar surface area (TPSA) is 18.5 Å². The largest absolute Gasteiger partial charge is 0.374 e. The Morgan fingerprint density at radius 3 is 2.62 bits per heavy atom. The maximum absolute atomic E-state index is 3.54. The average molecular weight is 289 g/mol. The first-order valence-corrected chi connectivity index (χ1v) is 8.33. The molecule has 21 heavy (non-hydrogen) atoms. The number of nitrogens with one attached hydrogen (secondary N) is 1. The molecule has 1 aliphatic heterocycles. The Hall–Kier alpha value is -1.06. The van der Waals surface area contributed by atoms with Gasteiger partial charge < -0.3 is 15.1 Å². The van der Waals surface area contributed by atoms with Crippen LogP contribution in [-0.4, -0.2) is 45.2 Å². The van der Waals surface area contributed by atoms with E-state index in [0.29, 0.717) is 6.04 Å². The summed E-state index contributed by atoms with van der Waals surface area (Å²) in [4.78, 5) is 4.83. The summed E-state index contributed by atoms with van der Waals surface area (Å²) in [6, 6.07) is 9.49. The summed E-state index contributed by atoms with van der Waals surface area (Å²) in [5.41, 5.74) is 2.71. The van der Waals surface area contributed by atoms with Gasteiger partial charge in [0.05, 0.1) is 0 Å². The van der Waals surface area contributed by atoms with E-state index in [1.807, 2.05) is 0 Å². The molecule has 2 rings (SSSR count). The molecule has 0 aromatic heterocycles. The van der Waals surface area contributed by atoms with Crippen molar-refractivity contribution in [3.05, 3.63) is 29.8 Å². The zero-order valence-electron chi connectivity index (χ0n) is 14.1. The first-order chi connectivity index (χ1) is 10.1. The van der Waals surface area contributed by atoms with Gasteiger partial charge in [0.15, 0.2) is 0 Å². The van der Waals surface area contributed by atoms with E-state index < -0.39 is 0 Å². The first-order valence-electron chi connectivity index (χ1n) is 8.33. The highest BCUT2D eigenvalue weighted by atomic mass is 15.1. The molecule has 1 aromatic rings. The summed E-state index contributed by atoms with van der Waals surface area (Å²) in [5, 5.41) is 3.54. The number of benzene rings is 1. The maximum Gasteiger partial charge on any atom is 0.0363 e. The van der Waals surface area contributed by atoms with E-state index in [1.165, 1.54) is 37.2 Å². The Morgan fingerprint density at radius 2 is 2.05 bits per heavy atom. The summed E-state index contributed by atoms with van der Waals surface area (Å²) < 4.78 is 0. The molecule has 0 spiro atoms. The van der Waals surface area contributed by atoms with E-state index in [9.17, 15) is 0 Å². The van der Waals surface area contributed by atoms with Crippen LogP contribution in [0.15, 0.2) is 24.3 Å². The third-order valence-corrected chi connectivity index (χ3v) is 4.56. The SMILES string of the molecule is CCCNC(C)c1ccc(N(C)CC2CCN(C)C2)cc1. The number of rotatable bonds is 7. The minimum absolute atomic E-state index is 0.438. The van der Waals surface area contributed by atoms with Crippen LogP contribution in [0.2, 0.25) is 0 Å². The van der Waals surface area contributed by atoms with Gasteiger partial charge in [0.2, 0.25) is 0 Å². The summed E-state index contributed by atoms with van der Waals surface area (Å²) in [6.45, 7) is 9.17. The van der Waals surface area contributed by atoms with Crippen LogP contribution in [0, 0.1) is 5.92 Å². The Kier molecular flexibility index (Phi) is 6.07. The second kappa shape index (κ2) is 7.81. The van der Waals surface area contributed by atoms with Gasteiger partial charge >= 0.3 is 0 Å². The normalized spacial score (nSPS) is 20.7. The fraction of sp³-hybridized carbons (Fsp3) is 0.667. The highest BCUT2D eigenvalue weighted by Crippen LogP contribution is 2.21. The molecule has 2 unspecified atom stereocenters. The van der Waals surface area contributed by atoms with Crippen molar-refractivity contribution in [1.82, 2.24) is 10.2 Å². The molecule has 0 saturated carbocycles. The molecular formula is C18H31N3. The molecule has 1 fully saturated rings. The number of anilines is 1. The lowest BCUT2D eigenvalue weighted by Gasteiger charge is -2.24. The van der Waals surface area contributed by atoms with Crippen LogP contribution in [-0.2, 0) is 0 Å². The Balaban J connectivity index is 1.88. The van der Waals surface area contributed by atoms with Crippen molar-refractivity contribution in [2.75, 3.05) is 45.2 Å². The lowest BCUT2D eigenvalue weighted by Crippen LogP contribution is -2.27. The quantitative estimate of drug-likeness (QED) is 0.832. The summed E-state index contributed by atoms with van der Waals surface area (Å²) in [6.07, 6.45) is 2.51. The Labute approximate surface area is 130 Å². The second-order valence-corrected chi connectivity index (χ2v) is 6.56. The Morgan fingerprint density at radius 1 is 1.33 bits per heavy atom. The fourth-order valence-corrected chi connectivity index (χ4v) is 3.16. The molecule has 1 aromatic carbocycles. The first kappa shape index (κ1) is 16.3. The molecule has 2 atom stereocenters. The molecule has 1 heterocycles. The third-order valence-electron chi connectivity index (χ3n) is 4.56. The molecule has 118 valence electrons. The van der Waals surface area contributed by atoms with E-state index in [-0.39, 0.29) is 0 Å². The standard InChI is InChI=1S/C18H31N3/c1-5-11-19-15(2)17-6-8-18(9-7-17)21(4)14-16-10-12-20(3)13-16/h6-9,15-16,19H,5,10-14H2,1-4H3. The molecule has 0 amide bonds. The van der Waals surface area contributed by atoms with Gasteiger partial charge in [0, 0.05) is 31.9 Å². The van der Waals surface area contributed by atoms with Crippen molar-refractivity contribution in [3.63, 3.8) is 0 Å². The van der Waals surface area contributed by atoms with Gasteiger partial charge in [-0.15, -0.1) is 0 Å². The van der Waals surface area contributed by atoms with Crippen molar-refractivity contribution in [3.8, 4) is 0 Å². The van der Waals surface area contributed by atoms with Gasteiger partial charge in [-0.05, 0) is 63.5 Å². The van der Waals surface area contributed by atoms with Crippen molar-refractivity contribution in [2.24, 2.45) is 5.92 Å². The van der Waals surface area contributed by atoms with Crippen LogP contribution in [0.4, 0.5) is 5.69 Å². The molecule has 0 radical (unpaired) electrons. The van der Waals surface area contributed by atoms with Gasteiger partial charge in [-0.3, -0.25) is 0 Å². The van der Waals surface area contributed by atoms with Crippen molar-refractivity contribution >= 4 is 5.69 Å². The predicted molar refractivity (Wildman–Crippen MR) is 92.0 cm³/mol. The predicted octanol–water partition coefficient (Wildman–Crippen LogP) is 3.14. The molecule has 1 saturated heterocycles. The van der Waals surface area contributed by atoms with Crippen LogP contribution < -0.4 is 10.2 Å². The highest BCUT2D eigenvalue weighted by molar-refractivity contribution is 5.47. The highest BCUT2D eigenvalue weighted by Gasteiger charge is 2.20. The van der Waals surface area contributed by atoms with Crippen molar-refractivity contribution in [1.29, 1.82) is 0 Å². The van der Waals surface area contributed by atoms with E-state index >= 15 is 0 Å². The van der Waals surface area contributed by atoms with Crippen LogP contribution in [0.3, 0.4) is 0 Å². The zero-order chi connectivity index (χ0) is 15.2. The minimum atomic E-state index is 0.438. The number of hydrogen-bond donors (Lipinski definition) is 1. The number of nitrogens with zero attached hydrogens (tertiary/aromatic N) is 2. The van der Waals surface area contributed by atoms with Crippen LogP contribution >= 0.6 is 0 Å². The van der Waals surface area contributed by atoms with E-state index in [0.717, 1.165) is 19.0 Å². The van der Waals surface area contributed by atoms with E-state index in [1.54, 1.807) is 0 Å². The molecular weight excluding hydrogens is 258 g/mol. The fourth-order valence-electron chi connectivity index (χ4n) is 3.16. The van der Waals surface area contributed by atoms with E-state index in [2.05, 4.69) is 67.3 Å². The molecule has 3 heteroatoms. The average Bonchev–Trinajstić information content (AvgIpc) is 2.90. The molecule has 1 N–H and O–H groups in total. The molecule has 3 nitrogen and oxygen atoms in total. The van der Waals surface area contributed by atoms with Gasteiger partial charge in [-0.25, -0.2) is 0 Å². The second-order valence-electron chi connectivity index (χ2n) is 6.56. The maximum atomic E-state index is 3.54. The minimum Gasteiger partial charge on any atom is -0.374 e. The smallest absolute Gasteiger partial charge is 0.0363 e. The summed E-state index contributed by atoms with van der Waals surface area (Å²) in [7, 11) is 4.44. The lowest BCUT2D eigenvalue weighted by molar-refractivity contribution is 0.396. The van der Waals surface area contributed by atoms with E-state index in [4.69, 9.17) is 0 Å². The van der Waals surface area contributed by atoms with Gasteiger partial charge in [0.1, 0.15) is 0 Å². The van der Waals surface area contributed by atoms with Crippen LogP contribution in [0.5, 0.6) is 0 Å². The number of likely N-dealkylation sites (tertiary alicyclic amines) is 1. The van der Waals surface area contributed by atoms with Gasteiger partial charge in [-0.1, -0.05) is 19.1 Å². The van der Waals surface area contributed by atoms with Crippen LogP contribution in [0.25, 0.3) is 0 Å². The third kappa shape index (κ3) is 4.72. The lowest BCUT2D eigenvalue weighted by atomic mass is 10.1. The van der Waals surface area contributed by atoms with Crippen molar-refractivity contribution < 1.29 is 0 Å². The Bertz CT molecular complexity index is 415. The summed E-state index contributed by atoms with van der Waals surface area (Å²) >= 11 is 0.